The zero-order valence-electron chi connectivity index (χ0n) is 12.2. The molecule has 0 radical (unpaired) electrons. The molecule has 2 heteroatoms. The molecule has 2 nitrogen and oxygen atoms in total. The highest BCUT2D eigenvalue weighted by Gasteiger charge is 2.22. The standard InChI is InChI=1S/C18H23NO/c1-2-15-8-5-6-12-19(15)13-17-16-9-4-3-7-14(16)10-11-18(17)20/h3-4,7,9-11,15,20H,2,5-6,8,12-13H2,1H3/t15-/m0/s1. The van der Waals surface area contributed by atoms with E-state index in [0.717, 1.165) is 18.7 Å². The van der Waals surface area contributed by atoms with Crippen molar-refractivity contribution in [2.75, 3.05) is 6.54 Å². The molecule has 1 aliphatic heterocycles. The molecule has 2 aromatic rings. The summed E-state index contributed by atoms with van der Waals surface area (Å²) >= 11 is 0. The van der Waals surface area contributed by atoms with Crippen LogP contribution in [0.3, 0.4) is 0 Å². The van der Waals surface area contributed by atoms with Crippen LogP contribution < -0.4 is 0 Å². The van der Waals surface area contributed by atoms with Gasteiger partial charge in [-0.1, -0.05) is 43.7 Å². The molecule has 2 aromatic carbocycles. The lowest BCUT2D eigenvalue weighted by molar-refractivity contribution is 0.135. The van der Waals surface area contributed by atoms with Crippen LogP contribution in [-0.4, -0.2) is 22.6 Å². The Kier molecular flexibility index (Phi) is 3.93. The number of hydrogen-bond donors (Lipinski definition) is 1. The minimum atomic E-state index is 0.434. The maximum atomic E-state index is 10.3. The van der Waals surface area contributed by atoms with E-state index in [-0.39, 0.29) is 0 Å². The van der Waals surface area contributed by atoms with Gasteiger partial charge in [-0.3, -0.25) is 4.90 Å². The number of hydrogen-bond acceptors (Lipinski definition) is 2. The van der Waals surface area contributed by atoms with Crippen molar-refractivity contribution in [3.05, 3.63) is 42.0 Å². The van der Waals surface area contributed by atoms with E-state index in [1.807, 2.05) is 12.1 Å². The minimum absolute atomic E-state index is 0.434. The number of piperidine rings is 1. The molecule has 20 heavy (non-hydrogen) atoms. The second-order valence-corrected chi connectivity index (χ2v) is 5.81. The Bertz CT molecular complexity index is 593. The Morgan fingerprint density at radius 2 is 2.00 bits per heavy atom. The van der Waals surface area contributed by atoms with Gasteiger partial charge in [0.25, 0.3) is 0 Å². The van der Waals surface area contributed by atoms with E-state index in [9.17, 15) is 5.11 Å². The van der Waals surface area contributed by atoms with Gasteiger partial charge in [-0.25, -0.2) is 0 Å². The fourth-order valence-corrected chi connectivity index (χ4v) is 3.42. The zero-order chi connectivity index (χ0) is 13.9. The molecule has 3 rings (SSSR count). The molecule has 0 aromatic heterocycles. The Balaban J connectivity index is 1.95. The second-order valence-electron chi connectivity index (χ2n) is 5.81. The fraction of sp³-hybridized carbons (Fsp3) is 0.444. The first-order valence-corrected chi connectivity index (χ1v) is 7.73. The molecule has 0 saturated carbocycles. The van der Waals surface area contributed by atoms with Crippen LogP contribution in [-0.2, 0) is 6.54 Å². The van der Waals surface area contributed by atoms with Gasteiger partial charge in [-0.05, 0) is 42.6 Å². The van der Waals surface area contributed by atoms with E-state index in [4.69, 9.17) is 0 Å². The SMILES string of the molecule is CC[C@H]1CCCCN1Cc1c(O)ccc2ccccc12. The topological polar surface area (TPSA) is 23.5 Å². The van der Waals surface area contributed by atoms with E-state index in [0.29, 0.717) is 11.8 Å². The van der Waals surface area contributed by atoms with Gasteiger partial charge in [0.05, 0.1) is 0 Å². The van der Waals surface area contributed by atoms with Crippen LogP contribution in [0, 0.1) is 0 Å². The van der Waals surface area contributed by atoms with Gasteiger partial charge in [-0.2, -0.15) is 0 Å². The van der Waals surface area contributed by atoms with E-state index in [1.54, 1.807) is 0 Å². The molecule has 0 bridgehead atoms. The summed E-state index contributed by atoms with van der Waals surface area (Å²) in [5.41, 5.74) is 1.09. The van der Waals surface area contributed by atoms with Gasteiger partial charge >= 0.3 is 0 Å². The number of rotatable bonds is 3. The number of benzene rings is 2. The van der Waals surface area contributed by atoms with E-state index in [1.165, 1.54) is 36.5 Å². The maximum absolute atomic E-state index is 10.3. The first-order chi connectivity index (χ1) is 9.79. The predicted molar refractivity (Wildman–Crippen MR) is 84.0 cm³/mol. The van der Waals surface area contributed by atoms with Gasteiger partial charge in [0.1, 0.15) is 5.75 Å². The van der Waals surface area contributed by atoms with Crippen LogP contribution in [0.5, 0.6) is 5.75 Å². The number of phenolic OH excluding ortho intramolecular Hbond substituents is 1. The molecule has 1 aliphatic rings. The van der Waals surface area contributed by atoms with Crippen molar-refractivity contribution in [1.29, 1.82) is 0 Å². The molecule has 106 valence electrons. The summed E-state index contributed by atoms with van der Waals surface area (Å²) in [6.45, 7) is 4.29. The van der Waals surface area contributed by atoms with Gasteiger partial charge in [-0.15, -0.1) is 0 Å². The quantitative estimate of drug-likeness (QED) is 0.897. The second kappa shape index (κ2) is 5.84. The van der Waals surface area contributed by atoms with Crippen molar-refractivity contribution < 1.29 is 5.11 Å². The highest BCUT2D eigenvalue weighted by atomic mass is 16.3. The first kappa shape index (κ1) is 13.4. The van der Waals surface area contributed by atoms with Crippen molar-refractivity contribution in [3.63, 3.8) is 0 Å². The maximum Gasteiger partial charge on any atom is 0.120 e. The number of likely N-dealkylation sites (tertiary alicyclic amines) is 1. The van der Waals surface area contributed by atoms with Crippen molar-refractivity contribution in [3.8, 4) is 5.75 Å². The van der Waals surface area contributed by atoms with Crippen LogP contribution in [0.4, 0.5) is 0 Å². The third-order valence-electron chi connectivity index (χ3n) is 4.60. The number of fused-ring (bicyclic) bond motifs is 1. The smallest absolute Gasteiger partial charge is 0.120 e. The Hall–Kier alpha value is -1.54. The molecular weight excluding hydrogens is 246 g/mol. The summed E-state index contributed by atoms with van der Waals surface area (Å²) in [5, 5.41) is 12.7. The molecule has 1 N–H and O–H groups in total. The molecule has 1 fully saturated rings. The van der Waals surface area contributed by atoms with Crippen molar-refractivity contribution in [2.45, 2.75) is 45.2 Å². The summed E-state index contributed by atoms with van der Waals surface area (Å²) in [6.07, 6.45) is 5.12. The summed E-state index contributed by atoms with van der Waals surface area (Å²) in [4.78, 5) is 2.55. The average molecular weight is 269 g/mol. The van der Waals surface area contributed by atoms with Crippen molar-refractivity contribution in [1.82, 2.24) is 4.90 Å². The molecule has 0 unspecified atom stereocenters. The van der Waals surface area contributed by atoms with Crippen LogP contribution >= 0.6 is 0 Å². The molecule has 0 amide bonds. The lowest BCUT2D eigenvalue weighted by Crippen LogP contribution is -2.38. The number of nitrogens with zero attached hydrogens (tertiary/aromatic N) is 1. The Labute approximate surface area is 121 Å². The van der Waals surface area contributed by atoms with Gasteiger partial charge in [0, 0.05) is 18.2 Å². The van der Waals surface area contributed by atoms with Crippen LogP contribution in [0.15, 0.2) is 36.4 Å². The molecule has 1 heterocycles. The highest BCUT2D eigenvalue weighted by molar-refractivity contribution is 5.87. The zero-order valence-corrected chi connectivity index (χ0v) is 12.2. The van der Waals surface area contributed by atoms with Crippen molar-refractivity contribution >= 4 is 10.8 Å². The summed E-state index contributed by atoms with van der Waals surface area (Å²) in [7, 11) is 0. The largest absolute Gasteiger partial charge is 0.508 e. The molecular formula is C18H23NO. The monoisotopic (exact) mass is 269 g/mol. The van der Waals surface area contributed by atoms with Crippen LogP contribution in [0.1, 0.15) is 38.2 Å². The normalized spacial score (nSPS) is 20.4. The summed E-state index contributed by atoms with van der Waals surface area (Å²) in [6, 6.07) is 12.9. The van der Waals surface area contributed by atoms with Gasteiger partial charge < -0.3 is 5.11 Å². The number of phenols is 1. The minimum Gasteiger partial charge on any atom is -0.508 e. The first-order valence-electron chi connectivity index (χ1n) is 7.73. The Morgan fingerprint density at radius 1 is 1.15 bits per heavy atom. The third-order valence-corrected chi connectivity index (χ3v) is 4.60. The fourth-order valence-electron chi connectivity index (χ4n) is 3.42. The summed E-state index contributed by atoms with van der Waals surface area (Å²) < 4.78 is 0. The number of aromatic hydroxyl groups is 1. The lowest BCUT2D eigenvalue weighted by Gasteiger charge is -2.35. The lowest BCUT2D eigenvalue weighted by atomic mass is 9.97. The van der Waals surface area contributed by atoms with E-state index < -0.39 is 0 Å². The third kappa shape index (κ3) is 2.53. The van der Waals surface area contributed by atoms with Gasteiger partial charge in [0.15, 0.2) is 0 Å². The van der Waals surface area contributed by atoms with Crippen LogP contribution in [0.2, 0.25) is 0 Å². The highest BCUT2D eigenvalue weighted by Crippen LogP contribution is 2.30. The average Bonchev–Trinajstić information content (AvgIpc) is 2.50. The summed E-state index contributed by atoms with van der Waals surface area (Å²) in [5.74, 6) is 0.434. The molecule has 0 spiro atoms. The van der Waals surface area contributed by atoms with Crippen molar-refractivity contribution in [2.24, 2.45) is 0 Å². The molecule has 0 aliphatic carbocycles. The van der Waals surface area contributed by atoms with Gasteiger partial charge in [0.2, 0.25) is 0 Å². The Morgan fingerprint density at radius 3 is 2.85 bits per heavy atom. The van der Waals surface area contributed by atoms with E-state index in [2.05, 4.69) is 36.1 Å². The van der Waals surface area contributed by atoms with Crippen LogP contribution in [0.25, 0.3) is 10.8 Å². The predicted octanol–water partition coefficient (Wildman–Crippen LogP) is 4.31. The van der Waals surface area contributed by atoms with E-state index >= 15 is 0 Å². The molecule has 1 atom stereocenters. The molecule has 1 saturated heterocycles.